The van der Waals surface area contributed by atoms with Gasteiger partial charge < -0.3 is 5.32 Å². The van der Waals surface area contributed by atoms with Crippen molar-refractivity contribution in [2.24, 2.45) is 0 Å². The van der Waals surface area contributed by atoms with Crippen LogP contribution in [-0.4, -0.2) is 5.91 Å². The number of hydrogen-bond donors (Lipinski definition) is 1. The van der Waals surface area contributed by atoms with Crippen LogP contribution in [-0.2, 0) is 6.42 Å². The van der Waals surface area contributed by atoms with Crippen molar-refractivity contribution >= 4 is 5.91 Å². The van der Waals surface area contributed by atoms with Crippen LogP contribution in [0.4, 0.5) is 0 Å². The fraction of sp³-hybridized carbons (Fsp3) is 0.0952. The van der Waals surface area contributed by atoms with Gasteiger partial charge >= 0.3 is 0 Å². The number of carbonyl (C=O) groups is 1. The van der Waals surface area contributed by atoms with E-state index in [-0.39, 0.29) is 11.9 Å². The number of amides is 1. The van der Waals surface area contributed by atoms with Gasteiger partial charge in [-0.15, -0.1) is 0 Å². The second kappa shape index (κ2) is 7.41. The van der Waals surface area contributed by atoms with Crippen LogP contribution in [0.3, 0.4) is 0 Å². The lowest BCUT2D eigenvalue weighted by Gasteiger charge is -2.19. The van der Waals surface area contributed by atoms with Gasteiger partial charge in [-0.2, -0.15) is 0 Å². The van der Waals surface area contributed by atoms with Crippen molar-refractivity contribution in [2.75, 3.05) is 0 Å². The first kappa shape index (κ1) is 15.0. The Kier molecular flexibility index (Phi) is 4.85. The molecule has 0 saturated heterocycles. The fourth-order valence-electron chi connectivity index (χ4n) is 2.62. The van der Waals surface area contributed by atoms with E-state index in [2.05, 4.69) is 29.6 Å². The smallest absolute Gasteiger partial charge is 0.251 e. The lowest BCUT2D eigenvalue weighted by Crippen LogP contribution is -2.29. The highest BCUT2D eigenvalue weighted by molar-refractivity contribution is 5.94. The molecule has 0 heterocycles. The van der Waals surface area contributed by atoms with Crippen molar-refractivity contribution in [3.8, 4) is 0 Å². The zero-order valence-corrected chi connectivity index (χ0v) is 12.9. The molecule has 0 unspecified atom stereocenters. The Hall–Kier alpha value is -2.87. The average Bonchev–Trinajstić information content (AvgIpc) is 2.63. The van der Waals surface area contributed by atoms with Crippen molar-refractivity contribution in [3.63, 3.8) is 0 Å². The fourth-order valence-corrected chi connectivity index (χ4v) is 2.62. The zero-order valence-electron chi connectivity index (χ0n) is 12.9. The van der Waals surface area contributed by atoms with Crippen molar-refractivity contribution in [2.45, 2.75) is 12.5 Å². The summed E-state index contributed by atoms with van der Waals surface area (Å²) < 4.78 is 0. The van der Waals surface area contributed by atoms with Crippen LogP contribution in [0.5, 0.6) is 0 Å². The lowest BCUT2D eigenvalue weighted by atomic mass is 9.98. The van der Waals surface area contributed by atoms with E-state index >= 15 is 0 Å². The van der Waals surface area contributed by atoms with Crippen LogP contribution in [0.2, 0.25) is 0 Å². The van der Waals surface area contributed by atoms with Crippen molar-refractivity contribution < 1.29 is 4.79 Å². The van der Waals surface area contributed by atoms with Gasteiger partial charge in [-0.05, 0) is 29.7 Å². The Bertz CT molecular complexity index is 739. The van der Waals surface area contributed by atoms with Crippen LogP contribution >= 0.6 is 0 Å². The van der Waals surface area contributed by atoms with Crippen LogP contribution in [0, 0.1) is 0 Å². The van der Waals surface area contributed by atoms with Gasteiger partial charge in [0.1, 0.15) is 0 Å². The van der Waals surface area contributed by atoms with Gasteiger partial charge in [-0.3, -0.25) is 4.79 Å². The molecule has 0 aliphatic heterocycles. The minimum absolute atomic E-state index is 0.0459. The van der Waals surface area contributed by atoms with E-state index in [0.29, 0.717) is 5.56 Å². The number of carbonyl (C=O) groups excluding carboxylic acids is 1. The standard InChI is InChI=1S/C21H19NO/c23-21(19-14-8-3-9-15-19)22-20(18-12-6-2-7-13-18)16-17-10-4-1-5-11-17/h1-15,20H,16H2,(H,22,23)/t20-/m0/s1. The predicted molar refractivity (Wildman–Crippen MR) is 93.2 cm³/mol. The lowest BCUT2D eigenvalue weighted by molar-refractivity contribution is 0.0936. The van der Waals surface area contributed by atoms with E-state index in [1.165, 1.54) is 5.56 Å². The molecule has 2 nitrogen and oxygen atoms in total. The highest BCUT2D eigenvalue weighted by Crippen LogP contribution is 2.19. The maximum atomic E-state index is 12.5. The van der Waals surface area contributed by atoms with E-state index in [9.17, 15) is 4.79 Å². The highest BCUT2D eigenvalue weighted by Gasteiger charge is 2.16. The van der Waals surface area contributed by atoms with Gasteiger partial charge in [-0.1, -0.05) is 78.9 Å². The highest BCUT2D eigenvalue weighted by atomic mass is 16.1. The molecule has 3 rings (SSSR count). The normalized spacial score (nSPS) is 11.7. The maximum Gasteiger partial charge on any atom is 0.251 e. The first-order valence-electron chi connectivity index (χ1n) is 7.78. The maximum absolute atomic E-state index is 12.5. The minimum atomic E-state index is -0.0497. The van der Waals surface area contributed by atoms with E-state index in [1.54, 1.807) is 0 Å². The molecule has 1 N–H and O–H groups in total. The molecule has 1 atom stereocenters. The number of nitrogens with one attached hydrogen (secondary N) is 1. The molecule has 0 aliphatic carbocycles. The molecule has 23 heavy (non-hydrogen) atoms. The summed E-state index contributed by atoms with van der Waals surface area (Å²) in [6.45, 7) is 0. The topological polar surface area (TPSA) is 29.1 Å². The Balaban J connectivity index is 1.82. The summed E-state index contributed by atoms with van der Waals surface area (Å²) in [6, 6.07) is 29.6. The van der Waals surface area contributed by atoms with E-state index in [1.807, 2.05) is 66.7 Å². The predicted octanol–water partition coefficient (Wildman–Crippen LogP) is 4.40. The summed E-state index contributed by atoms with van der Waals surface area (Å²) in [5.41, 5.74) is 3.00. The Morgan fingerprint density at radius 3 is 1.87 bits per heavy atom. The van der Waals surface area contributed by atoms with Gasteiger partial charge in [0, 0.05) is 5.56 Å². The van der Waals surface area contributed by atoms with Crippen LogP contribution < -0.4 is 5.32 Å². The molecular weight excluding hydrogens is 282 g/mol. The van der Waals surface area contributed by atoms with Gasteiger partial charge in [-0.25, -0.2) is 0 Å². The minimum Gasteiger partial charge on any atom is -0.345 e. The summed E-state index contributed by atoms with van der Waals surface area (Å²) in [6.07, 6.45) is 0.767. The largest absolute Gasteiger partial charge is 0.345 e. The number of rotatable bonds is 5. The summed E-state index contributed by atoms with van der Waals surface area (Å²) in [5, 5.41) is 3.16. The van der Waals surface area contributed by atoms with E-state index < -0.39 is 0 Å². The molecule has 0 radical (unpaired) electrons. The molecular formula is C21H19NO. The molecule has 2 heteroatoms. The zero-order chi connectivity index (χ0) is 15.9. The quantitative estimate of drug-likeness (QED) is 0.743. The molecule has 0 spiro atoms. The van der Waals surface area contributed by atoms with Crippen molar-refractivity contribution in [3.05, 3.63) is 108 Å². The molecule has 3 aromatic rings. The molecule has 0 fully saturated rings. The molecule has 0 aromatic heterocycles. The SMILES string of the molecule is O=C(N[C@@H](Cc1ccccc1)c1ccccc1)c1ccccc1. The Morgan fingerprint density at radius 1 is 0.739 bits per heavy atom. The summed E-state index contributed by atoms with van der Waals surface area (Å²) >= 11 is 0. The van der Waals surface area contributed by atoms with Crippen molar-refractivity contribution in [1.82, 2.24) is 5.32 Å². The van der Waals surface area contributed by atoms with E-state index in [4.69, 9.17) is 0 Å². The van der Waals surface area contributed by atoms with E-state index in [0.717, 1.165) is 12.0 Å². The first-order chi connectivity index (χ1) is 11.3. The summed E-state index contributed by atoms with van der Waals surface area (Å²) in [4.78, 5) is 12.5. The van der Waals surface area contributed by atoms with Crippen LogP contribution in [0.15, 0.2) is 91.0 Å². The van der Waals surface area contributed by atoms with Gasteiger partial charge in [0.15, 0.2) is 0 Å². The third-order valence-corrected chi connectivity index (χ3v) is 3.83. The van der Waals surface area contributed by atoms with Crippen LogP contribution in [0.1, 0.15) is 27.5 Å². The van der Waals surface area contributed by atoms with Gasteiger partial charge in [0.05, 0.1) is 6.04 Å². The third kappa shape index (κ3) is 4.07. The van der Waals surface area contributed by atoms with Crippen LogP contribution in [0.25, 0.3) is 0 Å². The average molecular weight is 301 g/mol. The Labute approximate surface area is 136 Å². The molecule has 0 bridgehead atoms. The molecule has 0 saturated carbocycles. The monoisotopic (exact) mass is 301 g/mol. The van der Waals surface area contributed by atoms with Gasteiger partial charge in [0.2, 0.25) is 0 Å². The second-order valence-electron chi connectivity index (χ2n) is 5.49. The molecule has 3 aromatic carbocycles. The molecule has 114 valence electrons. The summed E-state index contributed by atoms with van der Waals surface area (Å²) in [5.74, 6) is -0.0459. The Morgan fingerprint density at radius 2 is 1.26 bits per heavy atom. The summed E-state index contributed by atoms with van der Waals surface area (Å²) in [7, 11) is 0. The number of benzene rings is 3. The first-order valence-corrected chi connectivity index (χ1v) is 7.78. The molecule has 1 amide bonds. The number of hydrogen-bond acceptors (Lipinski definition) is 1. The van der Waals surface area contributed by atoms with Gasteiger partial charge in [0.25, 0.3) is 5.91 Å². The third-order valence-electron chi connectivity index (χ3n) is 3.83. The van der Waals surface area contributed by atoms with Crippen molar-refractivity contribution in [1.29, 1.82) is 0 Å². The molecule has 0 aliphatic rings. The second-order valence-corrected chi connectivity index (χ2v) is 5.49.